The number of anilines is 1. The average Bonchev–Trinajstić information content (AvgIpc) is 2.75. The second kappa shape index (κ2) is 6.15. The van der Waals surface area contributed by atoms with Gasteiger partial charge in [0.2, 0.25) is 0 Å². The molecule has 0 aliphatic carbocycles. The van der Waals surface area contributed by atoms with Crippen LogP contribution in [0, 0.1) is 0 Å². The van der Waals surface area contributed by atoms with E-state index < -0.39 is 0 Å². The Labute approximate surface area is 104 Å². The molecule has 2 aromatic heterocycles. The second-order valence-corrected chi connectivity index (χ2v) is 3.91. The van der Waals surface area contributed by atoms with Crippen LogP contribution in [0.25, 0.3) is 5.65 Å². The molecule has 7 nitrogen and oxygen atoms in total. The molecule has 7 heteroatoms. The lowest BCUT2D eigenvalue weighted by atomic mass is 10.4. The SMILES string of the molecule is CCCCOCCNc1ccc2n[nH]c(=O)n2n1. The van der Waals surface area contributed by atoms with Crippen LogP contribution in [0.15, 0.2) is 16.9 Å². The topological polar surface area (TPSA) is 84.3 Å². The van der Waals surface area contributed by atoms with Gasteiger partial charge in [0.15, 0.2) is 5.65 Å². The fraction of sp³-hybridized carbons (Fsp3) is 0.545. The minimum atomic E-state index is -0.340. The van der Waals surface area contributed by atoms with Gasteiger partial charge in [-0.05, 0) is 18.6 Å². The molecular weight excluding hydrogens is 234 g/mol. The molecule has 0 saturated carbocycles. The predicted octanol–water partition coefficient (Wildman–Crippen LogP) is 0.646. The number of hydrogen-bond acceptors (Lipinski definition) is 5. The molecule has 18 heavy (non-hydrogen) atoms. The molecule has 0 fully saturated rings. The second-order valence-electron chi connectivity index (χ2n) is 3.91. The smallest absolute Gasteiger partial charge is 0.364 e. The van der Waals surface area contributed by atoms with Crippen molar-refractivity contribution in [3.05, 3.63) is 22.6 Å². The highest BCUT2D eigenvalue weighted by molar-refractivity contribution is 5.42. The van der Waals surface area contributed by atoms with Gasteiger partial charge in [0.1, 0.15) is 5.82 Å². The lowest BCUT2D eigenvalue weighted by molar-refractivity contribution is 0.141. The van der Waals surface area contributed by atoms with Crippen LogP contribution in [-0.2, 0) is 4.74 Å². The number of aromatic amines is 1. The third-order valence-corrected chi connectivity index (χ3v) is 2.47. The summed E-state index contributed by atoms with van der Waals surface area (Å²) >= 11 is 0. The number of nitrogens with zero attached hydrogens (tertiary/aromatic N) is 3. The molecule has 2 aromatic rings. The normalized spacial score (nSPS) is 10.9. The van der Waals surface area contributed by atoms with Gasteiger partial charge in [0.25, 0.3) is 0 Å². The monoisotopic (exact) mass is 251 g/mol. The largest absolute Gasteiger partial charge is 0.380 e. The third kappa shape index (κ3) is 3.07. The van der Waals surface area contributed by atoms with Crippen molar-refractivity contribution in [3.8, 4) is 0 Å². The quantitative estimate of drug-likeness (QED) is 0.706. The highest BCUT2D eigenvalue weighted by Crippen LogP contribution is 2.01. The van der Waals surface area contributed by atoms with E-state index in [1.807, 2.05) is 0 Å². The fourth-order valence-corrected chi connectivity index (χ4v) is 1.50. The van der Waals surface area contributed by atoms with E-state index in [0.717, 1.165) is 19.4 Å². The van der Waals surface area contributed by atoms with Crippen molar-refractivity contribution < 1.29 is 4.74 Å². The molecule has 2 N–H and O–H groups in total. The minimum absolute atomic E-state index is 0.340. The van der Waals surface area contributed by atoms with Crippen molar-refractivity contribution in [2.75, 3.05) is 25.1 Å². The summed E-state index contributed by atoms with van der Waals surface area (Å²) in [5.41, 5.74) is 0.164. The number of aromatic nitrogens is 4. The van der Waals surface area contributed by atoms with Gasteiger partial charge in [0, 0.05) is 13.2 Å². The number of H-pyrrole nitrogens is 1. The van der Waals surface area contributed by atoms with E-state index in [1.54, 1.807) is 12.1 Å². The summed E-state index contributed by atoms with van der Waals surface area (Å²) in [6.07, 6.45) is 2.21. The molecule has 0 aliphatic rings. The van der Waals surface area contributed by atoms with Crippen LogP contribution in [0.1, 0.15) is 19.8 Å². The molecular formula is C11H17N5O2. The molecule has 0 atom stereocenters. The van der Waals surface area contributed by atoms with Crippen molar-refractivity contribution >= 4 is 11.5 Å². The number of unbranched alkanes of at least 4 members (excludes halogenated alkanes) is 1. The van der Waals surface area contributed by atoms with Crippen LogP contribution < -0.4 is 11.0 Å². The van der Waals surface area contributed by atoms with Gasteiger partial charge >= 0.3 is 5.69 Å². The number of nitrogens with one attached hydrogen (secondary N) is 2. The Morgan fingerprint density at radius 2 is 2.33 bits per heavy atom. The van der Waals surface area contributed by atoms with Gasteiger partial charge in [-0.15, -0.1) is 5.10 Å². The minimum Gasteiger partial charge on any atom is -0.380 e. The van der Waals surface area contributed by atoms with E-state index >= 15 is 0 Å². The summed E-state index contributed by atoms with van der Waals surface area (Å²) in [6.45, 7) is 4.20. The molecule has 0 radical (unpaired) electrons. The van der Waals surface area contributed by atoms with Crippen molar-refractivity contribution in [3.63, 3.8) is 0 Å². The fourth-order valence-electron chi connectivity index (χ4n) is 1.50. The number of rotatable bonds is 7. The number of ether oxygens (including phenoxy) is 1. The molecule has 0 aromatic carbocycles. The van der Waals surface area contributed by atoms with Gasteiger partial charge in [0.05, 0.1) is 6.61 Å². The van der Waals surface area contributed by atoms with E-state index in [9.17, 15) is 4.79 Å². The Morgan fingerprint density at radius 3 is 3.17 bits per heavy atom. The van der Waals surface area contributed by atoms with Crippen LogP contribution in [0.5, 0.6) is 0 Å². The maximum Gasteiger partial charge on any atom is 0.364 e. The Kier molecular flexibility index (Phi) is 4.30. The molecule has 0 aliphatic heterocycles. The lowest BCUT2D eigenvalue weighted by Crippen LogP contribution is -2.16. The van der Waals surface area contributed by atoms with Crippen molar-refractivity contribution in [1.82, 2.24) is 19.8 Å². The van der Waals surface area contributed by atoms with Crippen LogP contribution >= 0.6 is 0 Å². The third-order valence-electron chi connectivity index (χ3n) is 2.47. The van der Waals surface area contributed by atoms with Gasteiger partial charge in [-0.2, -0.15) is 9.61 Å². The Hall–Kier alpha value is -1.89. The highest BCUT2D eigenvalue weighted by Gasteiger charge is 2.01. The van der Waals surface area contributed by atoms with Crippen LogP contribution in [0.4, 0.5) is 5.82 Å². The first-order chi connectivity index (χ1) is 8.81. The van der Waals surface area contributed by atoms with E-state index in [-0.39, 0.29) is 5.69 Å². The number of hydrogen-bond donors (Lipinski definition) is 2. The van der Waals surface area contributed by atoms with Gasteiger partial charge in [-0.1, -0.05) is 13.3 Å². The van der Waals surface area contributed by atoms with Crippen molar-refractivity contribution in [1.29, 1.82) is 0 Å². The summed E-state index contributed by atoms with van der Waals surface area (Å²) in [4.78, 5) is 11.3. The first-order valence-corrected chi connectivity index (χ1v) is 6.07. The molecule has 98 valence electrons. The summed E-state index contributed by atoms with van der Waals surface area (Å²) in [5, 5.41) is 13.3. The number of fused-ring (bicyclic) bond motifs is 1. The first kappa shape index (κ1) is 12.6. The van der Waals surface area contributed by atoms with Crippen LogP contribution in [0.3, 0.4) is 0 Å². The predicted molar refractivity (Wildman–Crippen MR) is 67.8 cm³/mol. The standard InChI is InChI=1S/C11H17N5O2/c1-2-3-7-18-8-6-12-9-4-5-10-13-14-11(17)16(10)15-9/h4-5H,2-3,6-8H2,1H3,(H,12,15)(H,14,17). The molecule has 0 unspecified atom stereocenters. The zero-order chi connectivity index (χ0) is 12.8. The molecule has 2 heterocycles. The van der Waals surface area contributed by atoms with E-state index in [0.29, 0.717) is 24.6 Å². The molecule has 0 amide bonds. The summed E-state index contributed by atoms with van der Waals surface area (Å²) in [6, 6.07) is 3.51. The zero-order valence-corrected chi connectivity index (χ0v) is 10.3. The van der Waals surface area contributed by atoms with Gasteiger partial charge in [-0.3, -0.25) is 0 Å². The maximum absolute atomic E-state index is 11.3. The van der Waals surface area contributed by atoms with Crippen molar-refractivity contribution in [2.45, 2.75) is 19.8 Å². The van der Waals surface area contributed by atoms with Crippen LogP contribution in [-0.4, -0.2) is 39.6 Å². The van der Waals surface area contributed by atoms with E-state index in [4.69, 9.17) is 4.74 Å². The zero-order valence-electron chi connectivity index (χ0n) is 10.3. The average molecular weight is 251 g/mol. The van der Waals surface area contributed by atoms with E-state index in [1.165, 1.54) is 4.52 Å². The Balaban J connectivity index is 1.84. The first-order valence-electron chi connectivity index (χ1n) is 6.07. The van der Waals surface area contributed by atoms with Crippen LogP contribution in [0.2, 0.25) is 0 Å². The van der Waals surface area contributed by atoms with E-state index in [2.05, 4.69) is 27.5 Å². The Morgan fingerprint density at radius 1 is 1.44 bits per heavy atom. The summed E-state index contributed by atoms with van der Waals surface area (Å²) in [7, 11) is 0. The highest BCUT2D eigenvalue weighted by atomic mass is 16.5. The molecule has 0 spiro atoms. The van der Waals surface area contributed by atoms with Gasteiger partial charge < -0.3 is 10.1 Å². The maximum atomic E-state index is 11.3. The Bertz CT molecular complexity index is 548. The molecule has 2 rings (SSSR count). The molecule has 0 bridgehead atoms. The lowest BCUT2D eigenvalue weighted by Gasteiger charge is -2.06. The summed E-state index contributed by atoms with van der Waals surface area (Å²) < 4.78 is 6.64. The van der Waals surface area contributed by atoms with Gasteiger partial charge in [-0.25, -0.2) is 9.89 Å². The van der Waals surface area contributed by atoms with Crippen molar-refractivity contribution in [2.24, 2.45) is 0 Å². The summed E-state index contributed by atoms with van der Waals surface area (Å²) in [5.74, 6) is 0.630. The molecule has 0 saturated heterocycles.